The summed E-state index contributed by atoms with van der Waals surface area (Å²) in [6.45, 7) is 9.15. The standard InChI is InChI=1S/C35H40F3N3O3.C3H8/c1-4-44-34(25-7-8-25)40-17-14-29(15-18-40)41(28-11-9-27(10-12-28)35(36,37)38)22-23-13-16-39-31(19-23)26-20-30(24-5-6-24)33(43-3)32(21-26)42-2;1-3-2/h9-13,16,19-21,24,29H,4-8,14-15,17-18,22H2,1-3H3;3H2,1-2H3. The number of pyridine rings is 1. The molecule has 0 atom stereocenters. The minimum absolute atomic E-state index is 0.161. The van der Waals surface area contributed by atoms with E-state index in [2.05, 4.69) is 35.8 Å². The van der Waals surface area contributed by atoms with E-state index in [0.29, 0.717) is 24.8 Å². The average Bonchev–Trinajstić information content (AvgIpc) is 4.01. The van der Waals surface area contributed by atoms with Crippen LogP contribution in [-0.2, 0) is 17.5 Å². The van der Waals surface area contributed by atoms with Crippen LogP contribution in [0.15, 0.2) is 66.2 Å². The van der Waals surface area contributed by atoms with Gasteiger partial charge in [-0.3, -0.25) is 4.98 Å². The van der Waals surface area contributed by atoms with E-state index in [1.165, 1.54) is 24.1 Å². The summed E-state index contributed by atoms with van der Waals surface area (Å²) in [5.74, 6) is 2.96. The molecule has 1 aliphatic heterocycles. The number of hydrogen-bond acceptors (Lipinski definition) is 6. The molecule has 0 radical (unpaired) electrons. The Morgan fingerprint density at radius 3 is 2.15 bits per heavy atom. The first-order valence-corrected chi connectivity index (χ1v) is 16.9. The number of benzene rings is 2. The number of methoxy groups -OCH3 is 2. The molecule has 0 N–H and O–H groups in total. The summed E-state index contributed by atoms with van der Waals surface area (Å²) in [7, 11) is 3.32. The second kappa shape index (κ2) is 15.3. The van der Waals surface area contributed by atoms with Gasteiger partial charge in [-0.2, -0.15) is 13.2 Å². The Morgan fingerprint density at radius 2 is 1.60 bits per heavy atom. The lowest BCUT2D eigenvalue weighted by molar-refractivity contribution is -0.137. The van der Waals surface area contributed by atoms with Crippen LogP contribution in [0.1, 0.15) is 88.3 Å². The number of aromatic nitrogens is 1. The molecule has 0 spiro atoms. The van der Waals surface area contributed by atoms with E-state index >= 15 is 0 Å². The molecule has 9 heteroatoms. The summed E-state index contributed by atoms with van der Waals surface area (Å²) in [5.41, 5.74) is 5.48. The van der Waals surface area contributed by atoms with Gasteiger partial charge in [-0.1, -0.05) is 20.3 Å². The molecule has 254 valence electrons. The molecule has 2 saturated carbocycles. The monoisotopic (exact) mass is 651 g/mol. The summed E-state index contributed by atoms with van der Waals surface area (Å²) in [5, 5.41) is 0. The predicted octanol–water partition coefficient (Wildman–Crippen LogP) is 9.59. The van der Waals surface area contributed by atoms with Crippen molar-refractivity contribution in [3.63, 3.8) is 0 Å². The predicted molar refractivity (Wildman–Crippen MR) is 181 cm³/mol. The number of allylic oxidation sites excluding steroid dienone is 1. The van der Waals surface area contributed by atoms with E-state index < -0.39 is 11.7 Å². The molecular weight excluding hydrogens is 603 g/mol. The molecule has 3 fully saturated rings. The van der Waals surface area contributed by atoms with Crippen molar-refractivity contribution in [3.05, 3.63) is 82.9 Å². The third kappa shape index (κ3) is 8.54. The lowest BCUT2D eigenvalue weighted by Crippen LogP contribution is -2.44. The Bertz CT molecular complexity index is 1500. The Morgan fingerprint density at radius 1 is 0.915 bits per heavy atom. The van der Waals surface area contributed by atoms with Gasteiger partial charge in [0.1, 0.15) is 0 Å². The van der Waals surface area contributed by atoms with Crippen LogP contribution in [0.5, 0.6) is 11.5 Å². The highest BCUT2D eigenvalue weighted by atomic mass is 19.4. The van der Waals surface area contributed by atoms with E-state index in [-0.39, 0.29) is 6.04 Å². The number of alkyl halides is 3. The highest BCUT2D eigenvalue weighted by molar-refractivity contribution is 5.68. The number of hydrogen-bond donors (Lipinski definition) is 0. The van der Waals surface area contributed by atoms with Gasteiger partial charge in [-0.25, -0.2) is 0 Å². The van der Waals surface area contributed by atoms with Crippen LogP contribution in [0.25, 0.3) is 11.3 Å². The molecule has 0 unspecified atom stereocenters. The van der Waals surface area contributed by atoms with Gasteiger partial charge in [0.25, 0.3) is 0 Å². The number of anilines is 1. The Balaban J connectivity index is 0.00000139. The SMILES string of the molecule is CCC.CCOC(=C1CC1)N1CCC(N(Cc2ccnc(-c3cc(OC)c(OC)c(C4CC4)c3)c2)c2ccc(C(F)(F)F)cc2)CC1. The molecule has 3 aliphatic rings. The zero-order chi connectivity index (χ0) is 33.6. The third-order valence-corrected chi connectivity index (χ3v) is 8.80. The molecular formula is C38H48F3N3O3. The summed E-state index contributed by atoms with van der Waals surface area (Å²) < 4.78 is 57.6. The fourth-order valence-corrected chi connectivity index (χ4v) is 6.25. The average molecular weight is 652 g/mol. The molecule has 6 nitrogen and oxygen atoms in total. The number of nitrogens with zero attached hydrogens (tertiary/aromatic N) is 3. The maximum atomic E-state index is 13.4. The van der Waals surface area contributed by atoms with Crippen LogP contribution >= 0.6 is 0 Å². The fourth-order valence-electron chi connectivity index (χ4n) is 6.25. The molecule has 3 aromatic rings. The minimum atomic E-state index is -4.38. The molecule has 1 aromatic heterocycles. The van der Waals surface area contributed by atoms with Crippen molar-refractivity contribution in [1.29, 1.82) is 0 Å². The number of halogens is 3. The third-order valence-electron chi connectivity index (χ3n) is 8.80. The van der Waals surface area contributed by atoms with Crippen molar-refractivity contribution < 1.29 is 27.4 Å². The quantitative estimate of drug-likeness (QED) is 0.193. The number of likely N-dealkylation sites (tertiary alicyclic amines) is 1. The molecule has 2 aromatic carbocycles. The Labute approximate surface area is 277 Å². The zero-order valence-corrected chi connectivity index (χ0v) is 28.3. The second-order valence-electron chi connectivity index (χ2n) is 12.6. The van der Waals surface area contributed by atoms with Crippen LogP contribution in [0.3, 0.4) is 0 Å². The molecule has 0 bridgehead atoms. The summed E-state index contributed by atoms with van der Waals surface area (Å²) >= 11 is 0. The largest absolute Gasteiger partial charge is 0.493 e. The van der Waals surface area contributed by atoms with Gasteiger partial charge in [-0.05, 0) is 111 Å². The Kier molecular flexibility index (Phi) is 11.3. The second-order valence-corrected chi connectivity index (χ2v) is 12.6. The van der Waals surface area contributed by atoms with Crippen molar-refractivity contribution >= 4 is 5.69 Å². The smallest absolute Gasteiger partial charge is 0.416 e. The Hall–Kier alpha value is -3.88. The molecule has 2 aliphatic carbocycles. The lowest BCUT2D eigenvalue weighted by Gasteiger charge is -2.41. The van der Waals surface area contributed by atoms with Gasteiger partial charge >= 0.3 is 6.18 Å². The van der Waals surface area contributed by atoms with E-state index in [1.807, 2.05) is 25.3 Å². The van der Waals surface area contributed by atoms with E-state index in [0.717, 1.165) is 91.3 Å². The van der Waals surface area contributed by atoms with E-state index in [4.69, 9.17) is 19.2 Å². The van der Waals surface area contributed by atoms with Crippen molar-refractivity contribution in [1.82, 2.24) is 9.88 Å². The van der Waals surface area contributed by atoms with E-state index in [1.54, 1.807) is 26.4 Å². The highest BCUT2D eigenvalue weighted by Gasteiger charge is 2.33. The van der Waals surface area contributed by atoms with Crippen LogP contribution in [0.2, 0.25) is 0 Å². The van der Waals surface area contributed by atoms with Gasteiger partial charge in [0.15, 0.2) is 17.4 Å². The minimum Gasteiger partial charge on any atom is -0.493 e. The van der Waals surface area contributed by atoms with Crippen molar-refractivity contribution in [3.8, 4) is 22.8 Å². The maximum absolute atomic E-state index is 13.4. The summed E-state index contributed by atoms with van der Waals surface area (Å²) in [6.07, 6.45) is 4.88. The fraction of sp³-hybridized carbons (Fsp3) is 0.500. The summed E-state index contributed by atoms with van der Waals surface area (Å²) in [4.78, 5) is 9.29. The maximum Gasteiger partial charge on any atom is 0.416 e. The summed E-state index contributed by atoms with van der Waals surface area (Å²) in [6, 6.07) is 13.9. The first kappa shape index (κ1) is 34.5. The highest BCUT2D eigenvalue weighted by Crippen LogP contribution is 2.49. The van der Waals surface area contributed by atoms with Gasteiger partial charge < -0.3 is 24.0 Å². The van der Waals surface area contributed by atoms with Gasteiger partial charge in [0.2, 0.25) is 0 Å². The molecule has 0 amide bonds. The first-order chi connectivity index (χ1) is 22.7. The van der Waals surface area contributed by atoms with Gasteiger partial charge in [0.05, 0.1) is 32.1 Å². The molecule has 6 rings (SSSR count). The number of piperidine rings is 1. The van der Waals surface area contributed by atoms with Crippen LogP contribution in [0, 0.1) is 0 Å². The topological polar surface area (TPSA) is 47.1 Å². The van der Waals surface area contributed by atoms with Gasteiger partial charge in [0, 0.05) is 48.7 Å². The first-order valence-electron chi connectivity index (χ1n) is 16.9. The number of rotatable bonds is 11. The lowest BCUT2D eigenvalue weighted by atomic mass is 9.99. The normalized spacial score (nSPS) is 16.3. The van der Waals surface area contributed by atoms with Crippen LogP contribution < -0.4 is 14.4 Å². The number of ether oxygens (including phenoxy) is 3. The molecule has 2 heterocycles. The van der Waals surface area contributed by atoms with Crippen LogP contribution in [-0.4, -0.2) is 49.8 Å². The van der Waals surface area contributed by atoms with Crippen LogP contribution in [0.4, 0.5) is 18.9 Å². The van der Waals surface area contributed by atoms with Crippen molar-refractivity contribution in [2.24, 2.45) is 0 Å². The zero-order valence-electron chi connectivity index (χ0n) is 28.3. The van der Waals surface area contributed by atoms with E-state index in [9.17, 15) is 13.2 Å². The van der Waals surface area contributed by atoms with Crippen molar-refractivity contribution in [2.75, 3.05) is 38.8 Å². The molecule has 1 saturated heterocycles. The van der Waals surface area contributed by atoms with Gasteiger partial charge in [-0.15, -0.1) is 0 Å². The van der Waals surface area contributed by atoms with Crippen molar-refractivity contribution in [2.45, 2.75) is 90.4 Å². The molecule has 47 heavy (non-hydrogen) atoms.